The lowest BCUT2D eigenvalue weighted by molar-refractivity contribution is -0.135. The standard InChI is InChI=1S/C49H55N9O6/c1-31(2)42(55-49(63)64-3)46(60)57-25-7-11-40(57)44-50-29-38(52-44)34-19-15-32(16-20-34)13-14-33-17-21-35(22-18-33)39-30-51-45(53-39)41-12-8-26-58(41)47(61)43(36-9-5-4-6-10-36)54-48(62)56-27-23-37(59)24-28-56/h4-6,9-10,15-22,29-31,37,40-43,59H,7-8,11-12,23-28H2,1-3H3,(H,50,52)(H,51,53)(H,54,62)(H,55,63)/t40-,41-,42-,43+/m0/s1. The van der Waals surface area contributed by atoms with Crippen molar-refractivity contribution in [3.63, 3.8) is 0 Å². The van der Waals surface area contributed by atoms with Gasteiger partial charge in [0.15, 0.2) is 0 Å². The molecule has 2 aromatic heterocycles. The van der Waals surface area contributed by atoms with Gasteiger partial charge in [-0.3, -0.25) is 9.59 Å². The van der Waals surface area contributed by atoms with Crippen molar-refractivity contribution in [2.24, 2.45) is 5.92 Å². The molecule has 5 heterocycles. The molecule has 64 heavy (non-hydrogen) atoms. The first-order valence-corrected chi connectivity index (χ1v) is 22.1. The number of H-pyrrole nitrogens is 2. The number of aromatic amines is 2. The normalized spacial score (nSPS) is 18.6. The summed E-state index contributed by atoms with van der Waals surface area (Å²) in [6.45, 7) is 5.81. The number of likely N-dealkylation sites (tertiary alicyclic amines) is 3. The third-order valence-electron chi connectivity index (χ3n) is 12.4. The van der Waals surface area contributed by atoms with Crippen molar-refractivity contribution in [1.82, 2.24) is 45.3 Å². The minimum absolute atomic E-state index is 0.112. The first-order valence-electron chi connectivity index (χ1n) is 22.1. The molecule has 15 nitrogen and oxygen atoms in total. The molecule has 4 atom stereocenters. The van der Waals surface area contributed by atoms with Gasteiger partial charge in [0.25, 0.3) is 0 Å². The van der Waals surface area contributed by atoms with E-state index in [0.29, 0.717) is 56.2 Å². The molecular weight excluding hydrogens is 811 g/mol. The predicted molar refractivity (Wildman–Crippen MR) is 240 cm³/mol. The van der Waals surface area contributed by atoms with Gasteiger partial charge in [0.05, 0.1) is 49.1 Å². The van der Waals surface area contributed by atoms with Crippen LogP contribution in [0, 0.1) is 17.8 Å². The number of benzene rings is 3. The Morgan fingerprint density at radius 2 is 1.22 bits per heavy atom. The molecule has 3 aliphatic rings. The molecule has 0 bridgehead atoms. The van der Waals surface area contributed by atoms with Crippen molar-refractivity contribution in [2.45, 2.75) is 82.6 Å². The van der Waals surface area contributed by atoms with Crippen molar-refractivity contribution in [3.05, 3.63) is 120 Å². The summed E-state index contributed by atoms with van der Waals surface area (Å²) in [4.78, 5) is 74.7. The molecule has 5 amide bonds. The number of carbonyl (C=O) groups is 4. The number of methoxy groups -OCH3 is 1. The van der Waals surface area contributed by atoms with E-state index in [1.807, 2.05) is 97.6 Å². The van der Waals surface area contributed by atoms with E-state index in [-0.39, 0.29) is 35.8 Å². The summed E-state index contributed by atoms with van der Waals surface area (Å²) in [7, 11) is 1.29. The van der Waals surface area contributed by atoms with Crippen LogP contribution in [0.25, 0.3) is 22.5 Å². The maximum absolute atomic E-state index is 14.3. The minimum atomic E-state index is -0.858. The topological polar surface area (TPSA) is 189 Å². The second kappa shape index (κ2) is 19.6. The third-order valence-corrected chi connectivity index (χ3v) is 12.4. The summed E-state index contributed by atoms with van der Waals surface area (Å²) in [6, 6.07) is 22.8. The first kappa shape index (κ1) is 43.7. The molecular formula is C49H55N9O6. The van der Waals surface area contributed by atoms with Crippen molar-refractivity contribution in [1.29, 1.82) is 0 Å². The quantitative estimate of drug-likeness (QED) is 0.0987. The van der Waals surface area contributed by atoms with Gasteiger partial charge in [-0.05, 0) is 85.4 Å². The Labute approximate surface area is 373 Å². The molecule has 0 unspecified atom stereocenters. The first-order chi connectivity index (χ1) is 31.1. The van der Waals surface area contributed by atoms with Gasteiger partial charge < -0.3 is 45.1 Å². The van der Waals surface area contributed by atoms with Crippen LogP contribution in [0.1, 0.15) is 98.8 Å². The van der Waals surface area contributed by atoms with Gasteiger partial charge in [-0.15, -0.1) is 0 Å². The number of hydrogen-bond acceptors (Lipinski definition) is 8. The summed E-state index contributed by atoms with van der Waals surface area (Å²) in [6.07, 6.45) is 6.74. The van der Waals surface area contributed by atoms with Gasteiger partial charge in [0.1, 0.15) is 23.7 Å². The summed E-state index contributed by atoms with van der Waals surface area (Å²) >= 11 is 0. The molecule has 3 aliphatic heterocycles. The number of aliphatic hydroxyl groups excluding tert-OH is 1. The number of piperidine rings is 1. The number of nitrogens with one attached hydrogen (secondary N) is 4. The van der Waals surface area contributed by atoms with Gasteiger partial charge in [-0.2, -0.15) is 0 Å². The molecule has 3 aromatic carbocycles. The van der Waals surface area contributed by atoms with E-state index in [1.54, 1.807) is 22.2 Å². The molecule has 5 N–H and O–H groups in total. The van der Waals surface area contributed by atoms with Crippen LogP contribution in [0.3, 0.4) is 0 Å². The number of hydrogen-bond donors (Lipinski definition) is 5. The second-order valence-corrected chi connectivity index (χ2v) is 17.0. The second-order valence-electron chi connectivity index (χ2n) is 17.0. The Morgan fingerprint density at radius 3 is 1.72 bits per heavy atom. The highest BCUT2D eigenvalue weighted by Crippen LogP contribution is 2.35. The Balaban J connectivity index is 0.892. The predicted octanol–water partition coefficient (Wildman–Crippen LogP) is 6.48. The Morgan fingerprint density at radius 1 is 0.703 bits per heavy atom. The van der Waals surface area contributed by atoms with Gasteiger partial charge in [0.2, 0.25) is 11.8 Å². The molecule has 15 heteroatoms. The molecule has 3 fully saturated rings. The number of ether oxygens (including phenoxy) is 1. The van der Waals surface area contributed by atoms with Crippen molar-refractivity contribution < 1.29 is 29.0 Å². The number of rotatable bonds is 10. The lowest BCUT2D eigenvalue weighted by Gasteiger charge is -2.33. The van der Waals surface area contributed by atoms with Crippen LogP contribution in [-0.2, 0) is 14.3 Å². The third kappa shape index (κ3) is 9.82. The number of nitrogens with zero attached hydrogens (tertiary/aromatic N) is 5. The number of carbonyl (C=O) groups excluding carboxylic acids is 4. The molecule has 332 valence electrons. The van der Waals surface area contributed by atoms with Gasteiger partial charge in [-0.25, -0.2) is 19.6 Å². The molecule has 8 rings (SSSR count). The molecule has 3 saturated heterocycles. The van der Waals surface area contributed by atoms with Gasteiger partial charge >= 0.3 is 12.1 Å². The number of urea groups is 1. The monoisotopic (exact) mass is 865 g/mol. The smallest absolute Gasteiger partial charge is 0.407 e. The van der Waals surface area contributed by atoms with Crippen molar-refractivity contribution in [3.8, 4) is 34.4 Å². The minimum Gasteiger partial charge on any atom is -0.453 e. The van der Waals surface area contributed by atoms with Crippen LogP contribution >= 0.6 is 0 Å². The highest BCUT2D eigenvalue weighted by atomic mass is 16.5. The SMILES string of the molecule is COC(=O)N[C@H](C(=O)N1CCC[C@H]1c1ncc(-c2ccc(C#Cc3ccc(-c4cnc([C@@H]5CCCN5C(=O)[C@H](NC(=O)N5CCC(O)CC5)c5ccccc5)[nH]4)cc3)cc2)[nH]1)C(C)C. The molecule has 0 radical (unpaired) electrons. The molecule has 0 saturated carbocycles. The zero-order valence-electron chi connectivity index (χ0n) is 36.4. The van der Waals surface area contributed by atoms with Crippen LogP contribution in [0.4, 0.5) is 9.59 Å². The lowest BCUT2D eigenvalue weighted by atomic mass is 10.0. The Bertz CT molecular complexity index is 2480. The summed E-state index contributed by atoms with van der Waals surface area (Å²) < 4.78 is 4.76. The lowest BCUT2D eigenvalue weighted by Crippen LogP contribution is -2.51. The fraction of sp³-hybridized carbons (Fsp3) is 0.388. The molecule has 5 aromatic rings. The number of imidazole rings is 2. The van der Waals surface area contributed by atoms with Crippen LogP contribution in [0.2, 0.25) is 0 Å². The van der Waals surface area contributed by atoms with Crippen molar-refractivity contribution >= 4 is 23.9 Å². The summed E-state index contributed by atoms with van der Waals surface area (Å²) in [5, 5.41) is 15.6. The number of aliphatic hydroxyl groups is 1. The van der Waals surface area contributed by atoms with Crippen LogP contribution in [0.5, 0.6) is 0 Å². The number of amides is 5. The van der Waals surface area contributed by atoms with E-state index >= 15 is 0 Å². The van der Waals surface area contributed by atoms with E-state index in [9.17, 15) is 24.3 Å². The van der Waals surface area contributed by atoms with E-state index in [1.165, 1.54) is 7.11 Å². The van der Waals surface area contributed by atoms with E-state index in [2.05, 4.69) is 37.4 Å². The Kier molecular flexibility index (Phi) is 13.4. The fourth-order valence-electron chi connectivity index (χ4n) is 8.81. The molecule has 0 spiro atoms. The Hall–Kier alpha value is -6.92. The number of alkyl carbamates (subject to hydrolysis) is 1. The fourth-order valence-corrected chi connectivity index (χ4v) is 8.81. The number of aromatic nitrogens is 4. The van der Waals surface area contributed by atoms with Crippen molar-refractivity contribution in [2.75, 3.05) is 33.3 Å². The largest absolute Gasteiger partial charge is 0.453 e. The maximum atomic E-state index is 14.3. The van der Waals surface area contributed by atoms with Crippen LogP contribution < -0.4 is 10.6 Å². The zero-order valence-corrected chi connectivity index (χ0v) is 36.4. The maximum Gasteiger partial charge on any atom is 0.407 e. The zero-order chi connectivity index (χ0) is 44.7. The van der Waals surface area contributed by atoms with Gasteiger partial charge in [-0.1, -0.05) is 80.3 Å². The van der Waals surface area contributed by atoms with E-state index < -0.39 is 24.3 Å². The van der Waals surface area contributed by atoms with Crippen LogP contribution in [-0.4, -0.2) is 109 Å². The summed E-state index contributed by atoms with van der Waals surface area (Å²) in [5.74, 6) is 7.48. The highest BCUT2D eigenvalue weighted by Gasteiger charge is 2.39. The van der Waals surface area contributed by atoms with Crippen LogP contribution in [0.15, 0.2) is 91.3 Å². The average Bonchev–Trinajstić information content (AvgIpc) is 4.17. The van der Waals surface area contributed by atoms with Gasteiger partial charge in [0, 0.05) is 37.3 Å². The molecule has 0 aliphatic carbocycles. The average molecular weight is 866 g/mol. The summed E-state index contributed by atoms with van der Waals surface area (Å²) in [5.41, 5.74) is 5.96. The van der Waals surface area contributed by atoms with E-state index in [0.717, 1.165) is 59.3 Å². The van der Waals surface area contributed by atoms with E-state index in [4.69, 9.17) is 9.72 Å². The highest BCUT2D eigenvalue weighted by molar-refractivity contribution is 5.89.